The van der Waals surface area contributed by atoms with Crippen molar-refractivity contribution < 1.29 is 9.53 Å². The Morgan fingerprint density at radius 1 is 1.38 bits per heavy atom. The van der Waals surface area contributed by atoms with E-state index in [1.165, 1.54) is 5.56 Å². The summed E-state index contributed by atoms with van der Waals surface area (Å²) in [7, 11) is 1.59. The van der Waals surface area contributed by atoms with Crippen molar-refractivity contribution in [3.63, 3.8) is 0 Å². The normalized spacial score (nSPS) is 16.1. The van der Waals surface area contributed by atoms with Crippen LogP contribution in [-0.4, -0.2) is 42.4 Å². The van der Waals surface area contributed by atoms with Crippen LogP contribution < -0.4 is 20.7 Å². The van der Waals surface area contributed by atoms with E-state index in [9.17, 15) is 4.79 Å². The summed E-state index contributed by atoms with van der Waals surface area (Å²) in [5.41, 5.74) is 1.19. The number of carbonyl (C=O) groups excluding carboxylic acids is 1. The zero-order valence-electron chi connectivity index (χ0n) is 13.8. The Kier molecular flexibility index (Phi) is 5.32. The molecule has 0 aliphatic carbocycles. The average molecular weight is 329 g/mol. The fourth-order valence-corrected chi connectivity index (χ4v) is 2.67. The van der Waals surface area contributed by atoms with E-state index in [-0.39, 0.29) is 12.5 Å². The van der Waals surface area contributed by atoms with Crippen LogP contribution in [0.5, 0.6) is 5.75 Å². The Labute approximate surface area is 141 Å². The summed E-state index contributed by atoms with van der Waals surface area (Å²) in [4.78, 5) is 11.1. The number of nitrogens with one attached hydrogen (secondary N) is 3. The molecular weight excluding hydrogens is 306 g/mol. The molecule has 0 fully saturated rings. The molecule has 1 atom stereocenters. The zero-order valence-corrected chi connectivity index (χ0v) is 13.8. The first-order valence-electron chi connectivity index (χ1n) is 8.13. The standard InChI is InChI=1S/C17H23N5O2/c1-18-17(23)12-24-15-4-2-13(3-5-15)8-19-9-14-10-20-16-6-7-21-22(16)11-14/h2-7,14,19-20H,8-12H2,1H3,(H,18,23)/t14-/m1/s1. The van der Waals surface area contributed by atoms with Crippen molar-refractivity contribution >= 4 is 11.7 Å². The number of anilines is 1. The van der Waals surface area contributed by atoms with Gasteiger partial charge >= 0.3 is 0 Å². The zero-order chi connectivity index (χ0) is 16.8. The van der Waals surface area contributed by atoms with Gasteiger partial charge in [0, 0.05) is 45.2 Å². The van der Waals surface area contributed by atoms with Gasteiger partial charge in [0.15, 0.2) is 6.61 Å². The predicted octanol–water partition coefficient (Wildman–Crippen LogP) is 0.839. The number of hydrogen-bond acceptors (Lipinski definition) is 5. The first-order chi connectivity index (χ1) is 11.7. The molecule has 1 amide bonds. The smallest absolute Gasteiger partial charge is 0.257 e. The third-order valence-electron chi connectivity index (χ3n) is 4.05. The van der Waals surface area contributed by atoms with E-state index >= 15 is 0 Å². The Hall–Kier alpha value is -2.54. The predicted molar refractivity (Wildman–Crippen MR) is 91.9 cm³/mol. The molecule has 0 spiro atoms. The summed E-state index contributed by atoms with van der Waals surface area (Å²) in [5.74, 6) is 2.18. The van der Waals surface area contributed by atoms with E-state index in [1.54, 1.807) is 7.05 Å². The molecule has 1 aromatic heterocycles. The number of aromatic nitrogens is 2. The number of likely N-dealkylation sites (N-methyl/N-ethyl adjacent to an activating group) is 1. The second-order valence-corrected chi connectivity index (χ2v) is 5.88. The summed E-state index contributed by atoms with van der Waals surface area (Å²) >= 11 is 0. The topological polar surface area (TPSA) is 80.2 Å². The number of hydrogen-bond donors (Lipinski definition) is 3. The molecule has 7 heteroatoms. The van der Waals surface area contributed by atoms with Gasteiger partial charge in [-0.3, -0.25) is 4.79 Å². The summed E-state index contributed by atoms with van der Waals surface area (Å²) in [6, 6.07) is 9.79. The van der Waals surface area contributed by atoms with Gasteiger partial charge in [-0.1, -0.05) is 12.1 Å². The van der Waals surface area contributed by atoms with Crippen molar-refractivity contribution in [2.75, 3.05) is 32.1 Å². The number of ether oxygens (including phenoxy) is 1. The second kappa shape index (κ2) is 7.83. The largest absolute Gasteiger partial charge is 0.484 e. The van der Waals surface area contributed by atoms with E-state index in [0.29, 0.717) is 11.7 Å². The minimum atomic E-state index is -0.137. The summed E-state index contributed by atoms with van der Waals surface area (Å²) in [5, 5.41) is 13.7. The molecule has 3 N–H and O–H groups in total. The molecule has 0 radical (unpaired) electrons. The van der Waals surface area contributed by atoms with Gasteiger partial charge in [0.2, 0.25) is 0 Å². The van der Waals surface area contributed by atoms with Gasteiger partial charge in [-0.25, -0.2) is 4.68 Å². The lowest BCUT2D eigenvalue weighted by molar-refractivity contribution is -0.122. The monoisotopic (exact) mass is 329 g/mol. The quantitative estimate of drug-likeness (QED) is 0.701. The van der Waals surface area contributed by atoms with Gasteiger partial charge in [-0.2, -0.15) is 5.10 Å². The van der Waals surface area contributed by atoms with Gasteiger partial charge < -0.3 is 20.7 Å². The highest BCUT2D eigenvalue weighted by Crippen LogP contribution is 2.16. The lowest BCUT2D eigenvalue weighted by Gasteiger charge is -2.25. The maximum absolute atomic E-state index is 11.1. The van der Waals surface area contributed by atoms with Crippen molar-refractivity contribution in [3.05, 3.63) is 42.1 Å². The number of rotatable bonds is 7. The van der Waals surface area contributed by atoms with Crippen molar-refractivity contribution in [1.29, 1.82) is 0 Å². The molecule has 1 aliphatic rings. The highest BCUT2D eigenvalue weighted by atomic mass is 16.5. The van der Waals surface area contributed by atoms with Crippen LogP contribution in [0.15, 0.2) is 36.5 Å². The summed E-state index contributed by atoms with van der Waals surface area (Å²) in [6.45, 7) is 3.68. The third kappa shape index (κ3) is 4.26. The second-order valence-electron chi connectivity index (χ2n) is 5.88. The molecule has 1 aliphatic heterocycles. The van der Waals surface area contributed by atoms with E-state index in [1.807, 2.05) is 41.2 Å². The SMILES string of the molecule is CNC(=O)COc1ccc(CNC[C@@H]2CNc3ccnn3C2)cc1. The molecule has 0 bridgehead atoms. The van der Waals surface area contributed by atoms with Gasteiger partial charge in [0.25, 0.3) is 5.91 Å². The maximum atomic E-state index is 11.1. The number of benzene rings is 1. The summed E-state index contributed by atoms with van der Waals surface area (Å²) in [6.07, 6.45) is 1.83. The fraction of sp³-hybridized carbons (Fsp3) is 0.412. The number of nitrogens with zero attached hydrogens (tertiary/aromatic N) is 2. The minimum Gasteiger partial charge on any atom is -0.484 e. The number of carbonyl (C=O) groups is 1. The fourth-order valence-electron chi connectivity index (χ4n) is 2.67. The van der Waals surface area contributed by atoms with E-state index in [4.69, 9.17) is 4.74 Å². The van der Waals surface area contributed by atoms with Gasteiger partial charge in [-0.15, -0.1) is 0 Å². The van der Waals surface area contributed by atoms with Crippen LogP contribution in [-0.2, 0) is 17.9 Å². The highest BCUT2D eigenvalue weighted by molar-refractivity contribution is 5.77. The molecule has 7 nitrogen and oxygen atoms in total. The Morgan fingerprint density at radius 2 is 2.21 bits per heavy atom. The van der Waals surface area contributed by atoms with Crippen LogP contribution in [0, 0.1) is 5.92 Å². The van der Waals surface area contributed by atoms with E-state index in [2.05, 4.69) is 21.0 Å². The van der Waals surface area contributed by atoms with Crippen LogP contribution in [0.2, 0.25) is 0 Å². The first-order valence-corrected chi connectivity index (χ1v) is 8.13. The van der Waals surface area contributed by atoms with Crippen LogP contribution in [0.3, 0.4) is 0 Å². The van der Waals surface area contributed by atoms with Gasteiger partial charge in [0.05, 0.1) is 6.20 Å². The van der Waals surface area contributed by atoms with Gasteiger partial charge in [0.1, 0.15) is 11.6 Å². The molecule has 2 aromatic rings. The molecule has 0 saturated heterocycles. The third-order valence-corrected chi connectivity index (χ3v) is 4.05. The number of amides is 1. The average Bonchev–Trinajstić information content (AvgIpc) is 3.08. The van der Waals surface area contributed by atoms with Crippen LogP contribution in [0.1, 0.15) is 5.56 Å². The molecule has 2 heterocycles. The van der Waals surface area contributed by atoms with E-state index < -0.39 is 0 Å². The summed E-state index contributed by atoms with van der Waals surface area (Å²) < 4.78 is 7.40. The van der Waals surface area contributed by atoms with Crippen molar-refractivity contribution in [3.8, 4) is 5.75 Å². The lowest BCUT2D eigenvalue weighted by Crippen LogP contribution is -2.35. The van der Waals surface area contributed by atoms with Crippen LogP contribution in [0.4, 0.5) is 5.82 Å². The number of fused-ring (bicyclic) bond motifs is 1. The molecule has 3 rings (SSSR count). The van der Waals surface area contributed by atoms with Crippen molar-refractivity contribution in [1.82, 2.24) is 20.4 Å². The van der Waals surface area contributed by atoms with Crippen LogP contribution >= 0.6 is 0 Å². The molecular formula is C17H23N5O2. The van der Waals surface area contributed by atoms with Gasteiger partial charge in [-0.05, 0) is 17.7 Å². The minimum absolute atomic E-state index is 0.0399. The maximum Gasteiger partial charge on any atom is 0.257 e. The lowest BCUT2D eigenvalue weighted by atomic mass is 10.1. The first kappa shape index (κ1) is 16.3. The molecule has 24 heavy (non-hydrogen) atoms. The molecule has 128 valence electrons. The Balaban J connectivity index is 1.40. The van der Waals surface area contributed by atoms with E-state index in [0.717, 1.165) is 32.0 Å². The van der Waals surface area contributed by atoms with Crippen molar-refractivity contribution in [2.24, 2.45) is 5.92 Å². The molecule has 0 unspecified atom stereocenters. The highest BCUT2D eigenvalue weighted by Gasteiger charge is 2.17. The molecule has 1 aromatic carbocycles. The van der Waals surface area contributed by atoms with Crippen LogP contribution in [0.25, 0.3) is 0 Å². The van der Waals surface area contributed by atoms with Crippen molar-refractivity contribution in [2.45, 2.75) is 13.1 Å². The Morgan fingerprint density at radius 3 is 3.00 bits per heavy atom. The molecule has 0 saturated carbocycles. The Bertz CT molecular complexity index is 668.